The fourth-order valence-electron chi connectivity index (χ4n) is 3.92. The molecule has 2 fully saturated rings. The van der Waals surface area contributed by atoms with E-state index in [0.29, 0.717) is 44.6 Å². The second kappa shape index (κ2) is 6.11. The second-order valence-electron chi connectivity index (χ2n) is 8.50. The van der Waals surface area contributed by atoms with Crippen LogP contribution in [0, 0.1) is 18.3 Å². The average molecular weight is 336 g/mol. The van der Waals surface area contributed by atoms with Crippen LogP contribution >= 0.6 is 0 Å². The molecule has 7 heteroatoms. The molecule has 0 unspecified atom stereocenters. The SMILES string of the molecule is Cc1nnc([C@]23COC[C@H]2CN(C(=O)CN(C)CC(C)(C)C)C3)o1. The molecule has 2 atom stereocenters. The van der Waals surface area contributed by atoms with Gasteiger partial charge < -0.3 is 14.1 Å². The van der Waals surface area contributed by atoms with Gasteiger partial charge in [-0.1, -0.05) is 20.8 Å². The lowest BCUT2D eigenvalue weighted by Crippen LogP contribution is -2.42. The Hall–Kier alpha value is -1.47. The zero-order valence-corrected chi connectivity index (χ0v) is 15.3. The predicted octanol–water partition coefficient (Wildman–Crippen LogP) is 1.08. The molecule has 2 aliphatic rings. The summed E-state index contributed by atoms with van der Waals surface area (Å²) in [5, 5.41) is 8.18. The van der Waals surface area contributed by atoms with Crippen molar-refractivity contribution in [3.05, 3.63) is 11.8 Å². The van der Waals surface area contributed by atoms with Crippen molar-refractivity contribution in [1.29, 1.82) is 0 Å². The lowest BCUT2D eigenvalue weighted by molar-refractivity contribution is -0.131. The molecule has 24 heavy (non-hydrogen) atoms. The van der Waals surface area contributed by atoms with Gasteiger partial charge in [0.1, 0.15) is 0 Å². The van der Waals surface area contributed by atoms with Crippen LogP contribution in [0.2, 0.25) is 0 Å². The summed E-state index contributed by atoms with van der Waals surface area (Å²) in [6.07, 6.45) is 0. The minimum atomic E-state index is -0.334. The summed E-state index contributed by atoms with van der Waals surface area (Å²) >= 11 is 0. The molecule has 0 aliphatic carbocycles. The number of ether oxygens (including phenoxy) is 1. The quantitative estimate of drug-likeness (QED) is 0.819. The van der Waals surface area contributed by atoms with Gasteiger partial charge in [-0.15, -0.1) is 10.2 Å². The second-order valence-corrected chi connectivity index (χ2v) is 8.50. The number of amides is 1. The maximum atomic E-state index is 12.7. The molecule has 7 nitrogen and oxygen atoms in total. The molecule has 1 amide bonds. The van der Waals surface area contributed by atoms with Crippen LogP contribution in [0.1, 0.15) is 32.6 Å². The Morgan fingerprint density at radius 1 is 1.42 bits per heavy atom. The highest BCUT2D eigenvalue weighted by Crippen LogP contribution is 2.43. The third-order valence-electron chi connectivity index (χ3n) is 4.83. The number of hydrogen-bond acceptors (Lipinski definition) is 6. The first-order chi connectivity index (χ1) is 11.2. The van der Waals surface area contributed by atoms with Crippen molar-refractivity contribution in [2.45, 2.75) is 33.1 Å². The highest BCUT2D eigenvalue weighted by Gasteiger charge is 2.56. The van der Waals surface area contributed by atoms with Crippen LogP contribution in [0.15, 0.2) is 4.42 Å². The molecule has 0 N–H and O–H groups in total. The van der Waals surface area contributed by atoms with Gasteiger partial charge in [0, 0.05) is 32.5 Å². The standard InChI is InChI=1S/C17H28N4O3/c1-12-18-19-15(24-12)17-10-21(6-13(17)8-23-11-17)14(22)7-20(5)9-16(2,3)4/h13H,6-11H2,1-5H3/t13-,17-/m1/s1. The maximum absolute atomic E-state index is 12.7. The molecular formula is C17H28N4O3. The van der Waals surface area contributed by atoms with Gasteiger partial charge in [0.05, 0.1) is 25.2 Å². The fraction of sp³-hybridized carbons (Fsp3) is 0.824. The summed E-state index contributed by atoms with van der Waals surface area (Å²) in [6.45, 7) is 12.1. The van der Waals surface area contributed by atoms with E-state index in [4.69, 9.17) is 9.15 Å². The van der Waals surface area contributed by atoms with Crippen LogP contribution in [0.3, 0.4) is 0 Å². The third-order valence-corrected chi connectivity index (χ3v) is 4.83. The lowest BCUT2D eigenvalue weighted by Gasteiger charge is -2.28. The van der Waals surface area contributed by atoms with E-state index in [-0.39, 0.29) is 22.7 Å². The van der Waals surface area contributed by atoms with Crippen molar-refractivity contribution in [3.63, 3.8) is 0 Å². The number of aryl methyl sites for hydroxylation is 1. The van der Waals surface area contributed by atoms with Crippen LogP contribution in [-0.4, -0.2) is 72.3 Å². The Morgan fingerprint density at radius 3 is 2.79 bits per heavy atom. The summed E-state index contributed by atoms with van der Waals surface area (Å²) in [5.41, 5.74) is -0.160. The first-order valence-corrected chi connectivity index (χ1v) is 8.54. The summed E-state index contributed by atoms with van der Waals surface area (Å²) in [5.74, 6) is 1.56. The van der Waals surface area contributed by atoms with Crippen molar-refractivity contribution in [1.82, 2.24) is 20.0 Å². The van der Waals surface area contributed by atoms with Crippen molar-refractivity contribution in [2.24, 2.45) is 11.3 Å². The van der Waals surface area contributed by atoms with Crippen LogP contribution < -0.4 is 0 Å². The van der Waals surface area contributed by atoms with E-state index in [0.717, 1.165) is 6.54 Å². The van der Waals surface area contributed by atoms with Crippen LogP contribution in [0.25, 0.3) is 0 Å². The Labute approximate surface area is 143 Å². The molecule has 3 rings (SSSR count). The molecule has 1 aromatic heterocycles. The van der Waals surface area contributed by atoms with Crippen molar-refractivity contribution in [2.75, 3.05) is 46.4 Å². The fourth-order valence-corrected chi connectivity index (χ4v) is 3.92. The summed E-state index contributed by atoms with van der Waals surface area (Å²) in [6, 6.07) is 0. The van der Waals surface area contributed by atoms with Gasteiger partial charge in [-0.3, -0.25) is 9.69 Å². The molecule has 2 aliphatic heterocycles. The van der Waals surface area contributed by atoms with Gasteiger partial charge >= 0.3 is 0 Å². The number of nitrogens with zero attached hydrogens (tertiary/aromatic N) is 4. The largest absolute Gasteiger partial charge is 0.425 e. The number of aromatic nitrogens is 2. The zero-order chi connectivity index (χ0) is 17.5. The average Bonchev–Trinajstić information content (AvgIpc) is 3.08. The van der Waals surface area contributed by atoms with E-state index in [1.165, 1.54) is 0 Å². The van der Waals surface area contributed by atoms with E-state index in [1.807, 2.05) is 11.9 Å². The van der Waals surface area contributed by atoms with E-state index < -0.39 is 0 Å². The number of likely N-dealkylation sites (N-methyl/N-ethyl adjacent to an activating group) is 1. The van der Waals surface area contributed by atoms with Crippen molar-refractivity contribution < 1.29 is 13.9 Å². The minimum absolute atomic E-state index is 0.159. The molecule has 0 saturated carbocycles. The van der Waals surface area contributed by atoms with Crippen molar-refractivity contribution >= 4 is 5.91 Å². The molecule has 0 radical (unpaired) electrons. The molecule has 0 bridgehead atoms. The molecule has 0 aromatic carbocycles. The maximum Gasteiger partial charge on any atom is 0.236 e. The highest BCUT2D eigenvalue weighted by atomic mass is 16.5. The number of rotatable bonds is 4. The van der Waals surface area contributed by atoms with E-state index >= 15 is 0 Å². The van der Waals surface area contributed by atoms with Gasteiger partial charge in [-0.2, -0.15) is 0 Å². The molecule has 0 spiro atoms. The van der Waals surface area contributed by atoms with E-state index in [1.54, 1.807) is 6.92 Å². The number of carbonyl (C=O) groups is 1. The Morgan fingerprint density at radius 2 is 2.17 bits per heavy atom. The van der Waals surface area contributed by atoms with E-state index in [9.17, 15) is 4.79 Å². The summed E-state index contributed by atoms with van der Waals surface area (Å²) in [4.78, 5) is 16.8. The lowest BCUT2D eigenvalue weighted by atomic mass is 9.81. The number of carbonyl (C=O) groups excluding carboxylic acids is 1. The molecular weight excluding hydrogens is 308 g/mol. The normalized spacial score (nSPS) is 27.1. The van der Waals surface area contributed by atoms with Crippen LogP contribution in [-0.2, 0) is 14.9 Å². The smallest absolute Gasteiger partial charge is 0.236 e. The molecule has 3 heterocycles. The molecule has 134 valence electrons. The molecule has 2 saturated heterocycles. The van der Waals surface area contributed by atoms with Crippen LogP contribution in [0.5, 0.6) is 0 Å². The Bertz CT molecular complexity index is 609. The zero-order valence-electron chi connectivity index (χ0n) is 15.3. The first-order valence-electron chi connectivity index (χ1n) is 8.54. The first kappa shape index (κ1) is 17.4. The van der Waals surface area contributed by atoms with Crippen molar-refractivity contribution in [3.8, 4) is 0 Å². The topological polar surface area (TPSA) is 71.7 Å². The number of hydrogen-bond donors (Lipinski definition) is 0. The monoisotopic (exact) mass is 336 g/mol. The summed E-state index contributed by atoms with van der Waals surface area (Å²) < 4.78 is 11.4. The Kier molecular flexibility index (Phi) is 4.42. The number of likely N-dealkylation sites (tertiary alicyclic amines) is 1. The predicted molar refractivity (Wildman–Crippen MR) is 88.6 cm³/mol. The minimum Gasteiger partial charge on any atom is -0.425 e. The van der Waals surface area contributed by atoms with Crippen LogP contribution in [0.4, 0.5) is 0 Å². The van der Waals surface area contributed by atoms with E-state index in [2.05, 4.69) is 35.9 Å². The van der Waals surface area contributed by atoms with Gasteiger partial charge in [0.15, 0.2) is 0 Å². The number of fused-ring (bicyclic) bond motifs is 1. The third kappa shape index (κ3) is 3.32. The van der Waals surface area contributed by atoms with Gasteiger partial charge in [-0.05, 0) is 12.5 Å². The van der Waals surface area contributed by atoms with Gasteiger partial charge in [0.2, 0.25) is 17.7 Å². The summed E-state index contributed by atoms with van der Waals surface area (Å²) in [7, 11) is 2.00. The highest BCUT2D eigenvalue weighted by molar-refractivity contribution is 5.79. The Balaban J connectivity index is 1.68. The van der Waals surface area contributed by atoms with Gasteiger partial charge in [-0.25, -0.2) is 0 Å². The molecule has 1 aromatic rings. The van der Waals surface area contributed by atoms with Gasteiger partial charge in [0.25, 0.3) is 0 Å².